The number of nitrogens with zero attached hydrogens (tertiary/aromatic N) is 2. The third-order valence-electron chi connectivity index (χ3n) is 6.47. The van der Waals surface area contributed by atoms with Gasteiger partial charge in [-0.2, -0.15) is 0 Å². The lowest BCUT2D eigenvalue weighted by Gasteiger charge is -2.51. The highest BCUT2D eigenvalue weighted by Crippen LogP contribution is 2.53. The molecule has 0 amide bonds. The lowest BCUT2D eigenvalue weighted by molar-refractivity contribution is -0.144. The molecule has 2 saturated carbocycles. The second kappa shape index (κ2) is 5.90. The minimum Gasteiger partial charge on any atom is -0.481 e. The first kappa shape index (κ1) is 16.5. The van der Waals surface area contributed by atoms with Gasteiger partial charge >= 0.3 is 5.97 Å². The van der Waals surface area contributed by atoms with Crippen molar-refractivity contribution in [1.29, 1.82) is 0 Å². The van der Waals surface area contributed by atoms with Crippen LogP contribution >= 0.6 is 0 Å². The first-order valence-corrected chi connectivity index (χ1v) is 9.45. The number of rotatable bonds is 3. The zero-order chi connectivity index (χ0) is 18.6. The Kier molecular flexibility index (Phi) is 3.60. The van der Waals surface area contributed by atoms with Gasteiger partial charge in [0.2, 0.25) is 0 Å². The van der Waals surface area contributed by atoms with Crippen LogP contribution in [0.4, 0.5) is 10.2 Å². The molecular weight excluding hydrogens is 347 g/mol. The second-order valence-corrected chi connectivity index (χ2v) is 8.10. The quantitative estimate of drug-likeness (QED) is 0.648. The Morgan fingerprint density at radius 3 is 2.78 bits per heavy atom. The van der Waals surface area contributed by atoms with Crippen molar-refractivity contribution in [2.45, 2.75) is 44.6 Å². The molecule has 0 saturated heterocycles. The molecule has 3 N–H and O–H groups in total. The Morgan fingerprint density at radius 1 is 1.26 bits per heavy atom. The van der Waals surface area contributed by atoms with Crippen molar-refractivity contribution in [3.63, 3.8) is 0 Å². The van der Waals surface area contributed by atoms with Gasteiger partial charge in [-0.05, 0) is 50.0 Å². The summed E-state index contributed by atoms with van der Waals surface area (Å²) in [7, 11) is 0. The van der Waals surface area contributed by atoms with Gasteiger partial charge in [-0.3, -0.25) is 4.79 Å². The Labute approximate surface area is 155 Å². The molecule has 2 fully saturated rings. The monoisotopic (exact) mass is 368 g/mol. The van der Waals surface area contributed by atoms with Crippen molar-refractivity contribution in [2.75, 3.05) is 5.32 Å². The minimum absolute atomic E-state index is 0.176. The van der Waals surface area contributed by atoms with Gasteiger partial charge in [-0.15, -0.1) is 0 Å². The van der Waals surface area contributed by atoms with Crippen molar-refractivity contribution in [3.8, 4) is 0 Å². The molecule has 140 valence electrons. The fourth-order valence-corrected chi connectivity index (χ4v) is 4.99. The van der Waals surface area contributed by atoms with Gasteiger partial charge in [0, 0.05) is 11.4 Å². The highest BCUT2D eigenvalue weighted by molar-refractivity contribution is 6.11. The number of H-pyrrole nitrogens is 1. The molecule has 2 aliphatic rings. The summed E-state index contributed by atoms with van der Waals surface area (Å²) in [5.41, 5.74) is 1.36. The summed E-state index contributed by atoms with van der Waals surface area (Å²) in [6, 6.07) is 5.31. The SMILES string of the molecule is O=C(O)C1CCC2(CC1)CC(Nc1ncnc3[nH]c4c(F)cccc4c13)C2. The maximum absolute atomic E-state index is 14.1. The summed E-state index contributed by atoms with van der Waals surface area (Å²) >= 11 is 0. The van der Waals surface area contributed by atoms with E-state index in [0.29, 0.717) is 17.2 Å². The van der Waals surface area contributed by atoms with Crippen LogP contribution in [0.3, 0.4) is 0 Å². The lowest BCUT2D eigenvalue weighted by atomic mass is 9.57. The topological polar surface area (TPSA) is 90.9 Å². The van der Waals surface area contributed by atoms with E-state index in [1.165, 1.54) is 12.4 Å². The maximum atomic E-state index is 14.1. The van der Waals surface area contributed by atoms with Crippen molar-refractivity contribution < 1.29 is 14.3 Å². The molecule has 1 spiro atoms. The molecule has 3 aromatic rings. The van der Waals surface area contributed by atoms with Gasteiger partial charge < -0.3 is 15.4 Å². The predicted octanol–water partition coefficient (Wildman–Crippen LogP) is 4.09. The Bertz CT molecular complexity index is 1030. The highest BCUT2D eigenvalue weighted by Gasteiger charge is 2.47. The number of carbonyl (C=O) groups is 1. The van der Waals surface area contributed by atoms with E-state index < -0.39 is 5.97 Å². The van der Waals surface area contributed by atoms with Gasteiger partial charge in [0.05, 0.1) is 16.8 Å². The van der Waals surface area contributed by atoms with Crippen molar-refractivity contribution in [1.82, 2.24) is 15.0 Å². The van der Waals surface area contributed by atoms with Crippen LogP contribution in [0.25, 0.3) is 21.9 Å². The number of aromatic amines is 1. The van der Waals surface area contributed by atoms with Crippen LogP contribution < -0.4 is 5.32 Å². The fraction of sp³-hybridized carbons (Fsp3) is 0.450. The molecule has 27 heavy (non-hydrogen) atoms. The van der Waals surface area contributed by atoms with E-state index >= 15 is 0 Å². The Hall–Kier alpha value is -2.70. The van der Waals surface area contributed by atoms with Crippen LogP contribution in [0, 0.1) is 17.2 Å². The summed E-state index contributed by atoms with van der Waals surface area (Å²) in [5, 5.41) is 14.3. The third-order valence-corrected chi connectivity index (χ3v) is 6.47. The summed E-state index contributed by atoms with van der Waals surface area (Å²) in [4.78, 5) is 22.9. The molecule has 2 aromatic heterocycles. The molecule has 0 atom stereocenters. The van der Waals surface area contributed by atoms with Crippen molar-refractivity contribution in [2.24, 2.45) is 11.3 Å². The molecule has 0 unspecified atom stereocenters. The largest absolute Gasteiger partial charge is 0.481 e. The average molecular weight is 368 g/mol. The summed E-state index contributed by atoms with van der Waals surface area (Å²) in [6.07, 6.45) is 7.08. The van der Waals surface area contributed by atoms with Crippen LogP contribution in [0.1, 0.15) is 38.5 Å². The summed E-state index contributed by atoms with van der Waals surface area (Å²) < 4.78 is 14.1. The number of carboxylic acid groups (broad SMARTS) is 1. The highest BCUT2D eigenvalue weighted by atomic mass is 19.1. The van der Waals surface area contributed by atoms with Gasteiger partial charge in [0.25, 0.3) is 0 Å². The normalized spacial score (nSPS) is 27.7. The van der Waals surface area contributed by atoms with E-state index in [2.05, 4.69) is 20.3 Å². The molecule has 5 rings (SSSR count). The minimum atomic E-state index is -0.659. The number of fused-ring (bicyclic) bond motifs is 3. The Balaban J connectivity index is 1.36. The molecular formula is C20H21FN4O2. The molecule has 6 nitrogen and oxygen atoms in total. The average Bonchev–Trinajstić information content (AvgIpc) is 3.02. The van der Waals surface area contributed by atoms with E-state index in [1.807, 2.05) is 6.07 Å². The standard InChI is InChI=1S/C20H21FN4O2/c21-14-3-1-2-13-15-17(22-10-23-18(15)25-16(13)14)24-12-8-20(9-12)6-4-11(5-7-20)19(26)27/h1-3,10-12H,4-9H2,(H,26,27)(H2,22,23,24,25). The van der Waals surface area contributed by atoms with Crippen molar-refractivity contribution in [3.05, 3.63) is 30.3 Å². The van der Waals surface area contributed by atoms with E-state index in [1.54, 1.807) is 6.07 Å². The van der Waals surface area contributed by atoms with E-state index in [4.69, 9.17) is 0 Å². The smallest absolute Gasteiger partial charge is 0.306 e. The van der Waals surface area contributed by atoms with Crippen molar-refractivity contribution >= 4 is 33.7 Å². The number of benzene rings is 1. The second-order valence-electron chi connectivity index (χ2n) is 8.10. The van der Waals surface area contributed by atoms with Gasteiger partial charge in [0.15, 0.2) is 0 Å². The number of para-hydroxylation sites is 1. The zero-order valence-corrected chi connectivity index (χ0v) is 14.8. The maximum Gasteiger partial charge on any atom is 0.306 e. The van der Waals surface area contributed by atoms with Crippen LogP contribution in [0.15, 0.2) is 24.5 Å². The number of hydrogen-bond acceptors (Lipinski definition) is 4. The summed E-state index contributed by atoms with van der Waals surface area (Å²) in [5.74, 6) is -0.399. The number of hydrogen-bond donors (Lipinski definition) is 3. The molecule has 0 aliphatic heterocycles. The first-order chi connectivity index (χ1) is 13.0. The number of anilines is 1. The first-order valence-electron chi connectivity index (χ1n) is 9.45. The molecule has 1 aromatic carbocycles. The van der Waals surface area contributed by atoms with Gasteiger partial charge in [-0.1, -0.05) is 12.1 Å². The van der Waals surface area contributed by atoms with E-state index in [0.717, 1.165) is 55.1 Å². The summed E-state index contributed by atoms with van der Waals surface area (Å²) in [6.45, 7) is 0. The molecule has 2 aliphatic carbocycles. The van der Waals surface area contributed by atoms with E-state index in [9.17, 15) is 14.3 Å². The van der Waals surface area contributed by atoms with Crippen LogP contribution in [0.2, 0.25) is 0 Å². The Morgan fingerprint density at radius 2 is 2.04 bits per heavy atom. The number of nitrogens with one attached hydrogen (secondary N) is 2. The lowest BCUT2D eigenvalue weighted by Crippen LogP contribution is -2.47. The third kappa shape index (κ3) is 2.64. The van der Waals surface area contributed by atoms with Crippen LogP contribution in [-0.4, -0.2) is 32.1 Å². The molecule has 0 radical (unpaired) electrons. The number of aromatic nitrogens is 3. The van der Waals surface area contributed by atoms with Crippen LogP contribution in [-0.2, 0) is 4.79 Å². The van der Waals surface area contributed by atoms with Crippen LogP contribution in [0.5, 0.6) is 0 Å². The predicted molar refractivity (Wildman–Crippen MR) is 100 cm³/mol. The fourth-order valence-electron chi connectivity index (χ4n) is 4.99. The van der Waals surface area contributed by atoms with Gasteiger partial charge in [-0.25, -0.2) is 14.4 Å². The zero-order valence-electron chi connectivity index (χ0n) is 14.8. The molecule has 0 bridgehead atoms. The van der Waals surface area contributed by atoms with Gasteiger partial charge in [0.1, 0.15) is 23.6 Å². The number of halogens is 1. The number of carboxylic acids is 1. The number of aliphatic carboxylic acids is 1. The molecule has 7 heteroatoms. The van der Waals surface area contributed by atoms with E-state index in [-0.39, 0.29) is 17.2 Å². The molecule has 2 heterocycles.